The van der Waals surface area contributed by atoms with Crippen molar-refractivity contribution >= 4 is 17.1 Å². The number of hydrogen-bond donors (Lipinski definition) is 0. The Morgan fingerprint density at radius 1 is 0.293 bits per heavy atom. The molecule has 0 aliphatic heterocycles. The molecule has 0 heterocycles. The first-order valence-electron chi connectivity index (χ1n) is 30.5. The summed E-state index contributed by atoms with van der Waals surface area (Å²) in [5, 5.41) is 0. The summed E-state index contributed by atoms with van der Waals surface area (Å²) >= 11 is 0. The van der Waals surface area contributed by atoms with Crippen LogP contribution in [0.5, 0.6) is 0 Å². The molecule has 6 bridgehead atoms. The maximum Gasteiger partial charge on any atom is 0.0726 e. The van der Waals surface area contributed by atoms with Gasteiger partial charge in [-0.25, -0.2) is 0 Å². The van der Waals surface area contributed by atoms with Gasteiger partial charge >= 0.3 is 0 Å². The van der Waals surface area contributed by atoms with Gasteiger partial charge < -0.3 is 4.90 Å². The number of nitrogens with zero attached hydrogens (tertiary/aromatic N) is 1. The van der Waals surface area contributed by atoms with E-state index in [1.54, 1.807) is 27.8 Å². The summed E-state index contributed by atoms with van der Waals surface area (Å²) < 4.78 is 0. The molecule has 0 aromatic heterocycles. The van der Waals surface area contributed by atoms with Crippen LogP contribution in [0.1, 0.15) is 131 Å². The Labute approximate surface area is 482 Å². The van der Waals surface area contributed by atoms with Crippen molar-refractivity contribution in [1.82, 2.24) is 0 Å². The van der Waals surface area contributed by atoms with Gasteiger partial charge in [0.1, 0.15) is 0 Å². The predicted molar refractivity (Wildman–Crippen MR) is 338 cm³/mol. The van der Waals surface area contributed by atoms with Gasteiger partial charge in [-0.3, -0.25) is 0 Å². The summed E-state index contributed by atoms with van der Waals surface area (Å²) in [6, 6.07) is 103. The molecule has 82 heavy (non-hydrogen) atoms. The highest BCUT2D eigenvalue weighted by atomic mass is 15.1. The minimum atomic E-state index is -0.451. The van der Waals surface area contributed by atoms with E-state index < -0.39 is 5.41 Å². The molecule has 2 saturated carbocycles. The second-order valence-corrected chi connectivity index (χ2v) is 25.3. The van der Waals surface area contributed by atoms with Crippen molar-refractivity contribution in [1.29, 1.82) is 0 Å². The van der Waals surface area contributed by atoms with Gasteiger partial charge in [0.2, 0.25) is 0 Å². The lowest BCUT2D eigenvalue weighted by molar-refractivity contribution is 0.164. The number of rotatable bonds is 3. The molecule has 392 valence electrons. The Morgan fingerprint density at radius 2 is 0.720 bits per heavy atom. The van der Waals surface area contributed by atoms with Gasteiger partial charge in [0, 0.05) is 33.7 Å². The summed E-state index contributed by atoms with van der Waals surface area (Å²) in [6.45, 7) is 0. The van der Waals surface area contributed by atoms with E-state index in [1.807, 2.05) is 0 Å². The summed E-state index contributed by atoms with van der Waals surface area (Å²) in [4.78, 5) is 2.62. The minimum Gasteiger partial charge on any atom is -0.310 e. The van der Waals surface area contributed by atoms with Gasteiger partial charge in [-0.15, -0.1) is 0 Å². The second kappa shape index (κ2) is 17.6. The monoisotopic (exact) mass is 1050 g/mol. The van der Waals surface area contributed by atoms with Crippen molar-refractivity contribution in [2.24, 2.45) is 0 Å². The van der Waals surface area contributed by atoms with Crippen molar-refractivity contribution in [3.05, 3.63) is 316 Å². The molecule has 0 radical (unpaired) electrons. The fourth-order valence-corrected chi connectivity index (χ4v) is 19.1. The molecule has 18 rings (SSSR count). The van der Waals surface area contributed by atoms with Crippen molar-refractivity contribution in [3.8, 4) is 55.6 Å². The van der Waals surface area contributed by atoms with Crippen molar-refractivity contribution in [3.63, 3.8) is 0 Å². The quantitative estimate of drug-likeness (QED) is 0.170. The lowest BCUT2D eigenvalue weighted by atomic mass is 9.48. The predicted octanol–water partition coefficient (Wildman–Crippen LogP) is 20.9. The number of anilines is 3. The maximum absolute atomic E-state index is 2.70. The third kappa shape index (κ3) is 6.24. The lowest BCUT2D eigenvalue weighted by Crippen LogP contribution is -2.48. The molecule has 7 aliphatic carbocycles. The van der Waals surface area contributed by atoms with Crippen molar-refractivity contribution in [2.75, 3.05) is 4.90 Å². The van der Waals surface area contributed by atoms with Gasteiger partial charge in [0.05, 0.1) is 11.1 Å². The zero-order chi connectivity index (χ0) is 53.7. The highest BCUT2D eigenvalue weighted by Crippen LogP contribution is 2.72. The second-order valence-electron chi connectivity index (χ2n) is 25.3. The van der Waals surface area contributed by atoms with Crippen LogP contribution in [0.3, 0.4) is 0 Å². The molecule has 0 saturated heterocycles. The zero-order valence-corrected chi connectivity index (χ0v) is 46.2. The highest BCUT2D eigenvalue weighted by molar-refractivity contribution is 6.01. The van der Waals surface area contributed by atoms with Gasteiger partial charge in [0.25, 0.3) is 0 Å². The average Bonchev–Trinajstić information content (AvgIpc) is 1.91. The van der Waals surface area contributed by atoms with E-state index in [0.717, 1.165) is 37.8 Å². The first kappa shape index (κ1) is 46.9. The summed E-state index contributed by atoms with van der Waals surface area (Å²) in [5.74, 6) is 1.40. The number of hydrogen-bond acceptors (Lipinski definition) is 1. The maximum atomic E-state index is 2.70. The van der Waals surface area contributed by atoms with E-state index in [4.69, 9.17) is 0 Å². The molecule has 1 nitrogen and oxygen atoms in total. The number of benzene rings is 11. The van der Waals surface area contributed by atoms with Crippen LogP contribution in [0, 0.1) is 0 Å². The van der Waals surface area contributed by atoms with Crippen LogP contribution in [-0.2, 0) is 16.2 Å². The molecule has 3 spiro atoms. The molecule has 2 fully saturated rings. The minimum absolute atomic E-state index is 0.164. The summed E-state index contributed by atoms with van der Waals surface area (Å²) in [5.41, 5.74) is 31.4. The normalized spacial score (nSPS) is 22.9. The smallest absolute Gasteiger partial charge is 0.0726 e. The molecule has 7 aliphatic rings. The van der Waals surface area contributed by atoms with E-state index in [1.165, 1.54) is 114 Å². The van der Waals surface area contributed by atoms with Crippen LogP contribution in [0.25, 0.3) is 55.6 Å². The van der Waals surface area contributed by atoms with E-state index in [2.05, 4.69) is 266 Å². The Morgan fingerprint density at radius 3 is 1.34 bits per heavy atom. The zero-order valence-electron chi connectivity index (χ0n) is 46.2. The SMILES string of the molecule is c1ccc(N(c2ccc3c(c2)-c2ccccc2C2CCC45CC(CCCC6CC3(C2)C4c2ccccc2-c2ccccc26)c2ccccc2-c2ccccc25)c2cccc3c2-c2ccccc2C32c3ccccc3-c3ccccc32)cc1. The first-order chi connectivity index (χ1) is 40.6. The standard InChI is InChI=1S/C81H63N/c1-2-24-55(25-3-1)82(76-43-21-42-75-77(76)68-37-15-19-41-74(68)81(75)72-39-17-13-34-65(72)66-35-14-18-40-73(66)81)56-44-45-71-69(48-56)62-31-9-6-28-59(62)54-46-47-79-49-52(58-27-5-8-30-61(58)64-33-12-16-38-70(64)79)22-20-23-53-50-80(71,51-54)78(79)67-36-11-10-32-63(67)60-29-7-4-26-57(53)60/h1-19,21,24-45,48,52-54,78H,20,22-23,46-47,49-51H2. The summed E-state index contributed by atoms with van der Waals surface area (Å²) in [7, 11) is 0. The molecule has 6 unspecified atom stereocenters. The van der Waals surface area contributed by atoms with Crippen LogP contribution < -0.4 is 4.90 Å². The third-order valence-electron chi connectivity index (χ3n) is 21.8. The van der Waals surface area contributed by atoms with Crippen LogP contribution in [0.2, 0.25) is 0 Å². The molecule has 6 atom stereocenters. The fraction of sp³-hybridized carbons (Fsp3) is 0.185. The van der Waals surface area contributed by atoms with Crippen LogP contribution in [0.4, 0.5) is 17.1 Å². The molecule has 0 N–H and O–H groups in total. The van der Waals surface area contributed by atoms with E-state index in [0.29, 0.717) is 17.8 Å². The van der Waals surface area contributed by atoms with Gasteiger partial charge in [-0.1, -0.05) is 237 Å². The topological polar surface area (TPSA) is 3.24 Å². The van der Waals surface area contributed by atoms with E-state index in [-0.39, 0.29) is 16.7 Å². The van der Waals surface area contributed by atoms with E-state index in [9.17, 15) is 0 Å². The Bertz CT molecular complexity index is 4380. The third-order valence-corrected chi connectivity index (χ3v) is 21.8. The van der Waals surface area contributed by atoms with E-state index >= 15 is 0 Å². The molecule has 11 aromatic carbocycles. The van der Waals surface area contributed by atoms with Crippen LogP contribution >= 0.6 is 0 Å². The van der Waals surface area contributed by atoms with Crippen LogP contribution in [-0.4, -0.2) is 0 Å². The molecular formula is C81H63N. The van der Waals surface area contributed by atoms with Crippen molar-refractivity contribution in [2.45, 2.75) is 91.3 Å². The first-order valence-corrected chi connectivity index (χ1v) is 30.5. The van der Waals surface area contributed by atoms with Gasteiger partial charge in [-0.05, 0) is 199 Å². The lowest BCUT2D eigenvalue weighted by Gasteiger charge is -2.55. The molecule has 1 heteroatoms. The van der Waals surface area contributed by atoms with Crippen LogP contribution in [0.15, 0.2) is 261 Å². The fourth-order valence-electron chi connectivity index (χ4n) is 19.1. The molecule has 11 aromatic rings. The summed E-state index contributed by atoms with van der Waals surface area (Å²) in [6.07, 6.45) is 9.26. The molecule has 0 amide bonds. The Balaban J connectivity index is 0.932. The van der Waals surface area contributed by atoms with Crippen molar-refractivity contribution < 1.29 is 0 Å². The van der Waals surface area contributed by atoms with Gasteiger partial charge in [-0.2, -0.15) is 0 Å². The Kier molecular flexibility index (Phi) is 10.1. The molecular weight excluding hydrogens is 987 g/mol. The average molecular weight is 1050 g/mol. The largest absolute Gasteiger partial charge is 0.310 e. The van der Waals surface area contributed by atoms with Gasteiger partial charge in [0.15, 0.2) is 0 Å². The number of para-hydroxylation sites is 1. The number of fused-ring (bicyclic) bond motifs is 25. The highest BCUT2D eigenvalue weighted by Gasteiger charge is 2.61. The Hall–Kier alpha value is -8.78.